The van der Waals surface area contributed by atoms with Crippen molar-refractivity contribution in [1.82, 2.24) is 19.7 Å². The third-order valence-electron chi connectivity index (χ3n) is 6.79. The highest BCUT2D eigenvalue weighted by Crippen LogP contribution is 2.35. The zero-order valence-electron chi connectivity index (χ0n) is 19.4. The van der Waals surface area contributed by atoms with Crippen LogP contribution >= 0.6 is 0 Å². The molecule has 3 heterocycles. The summed E-state index contributed by atoms with van der Waals surface area (Å²) in [6, 6.07) is 8.88. The zero-order valence-corrected chi connectivity index (χ0v) is 19.4. The van der Waals surface area contributed by atoms with E-state index in [2.05, 4.69) is 51.1 Å². The predicted molar refractivity (Wildman–Crippen MR) is 131 cm³/mol. The highest BCUT2D eigenvalue weighted by atomic mass is 16.5. The van der Waals surface area contributed by atoms with E-state index < -0.39 is 0 Å². The van der Waals surface area contributed by atoms with Crippen molar-refractivity contribution in [3.8, 4) is 11.3 Å². The van der Waals surface area contributed by atoms with Gasteiger partial charge in [0.05, 0.1) is 30.7 Å². The lowest BCUT2D eigenvalue weighted by Gasteiger charge is -2.28. The molecule has 1 saturated carbocycles. The SMILES string of the molecule is CCCCNc1ncc2c(-c3ccc(N4CCOCC4)cc3)nn(C3CCC(O)CC3)c2n1. The van der Waals surface area contributed by atoms with E-state index >= 15 is 0 Å². The fraction of sp³-hybridized carbons (Fsp3) is 0.560. The van der Waals surface area contributed by atoms with Gasteiger partial charge in [-0.15, -0.1) is 0 Å². The number of aliphatic hydroxyl groups is 1. The van der Waals surface area contributed by atoms with Crippen LogP contribution in [0.2, 0.25) is 0 Å². The lowest BCUT2D eigenvalue weighted by molar-refractivity contribution is 0.109. The largest absolute Gasteiger partial charge is 0.393 e. The molecule has 2 N–H and O–H groups in total. The monoisotopic (exact) mass is 450 g/mol. The molecule has 0 radical (unpaired) electrons. The van der Waals surface area contributed by atoms with Gasteiger partial charge >= 0.3 is 0 Å². The van der Waals surface area contributed by atoms with Crippen molar-refractivity contribution >= 4 is 22.7 Å². The Morgan fingerprint density at radius 2 is 1.85 bits per heavy atom. The normalized spacial score (nSPS) is 21.5. The minimum Gasteiger partial charge on any atom is -0.393 e. The molecule has 3 aromatic rings. The number of benzene rings is 1. The number of aliphatic hydroxyl groups excluding tert-OH is 1. The van der Waals surface area contributed by atoms with Gasteiger partial charge in [0, 0.05) is 37.1 Å². The average molecular weight is 451 g/mol. The second kappa shape index (κ2) is 10.1. The van der Waals surface area contributed by atoms with E-state index in [1.54, 1.807) is 0 Å². The summed E-state index contributed by atoms with van der Waals surface area (Å²) in [7, 11) is 0. The van der Waals surface area contributed by atoms with Crippen molar-refractivity contribution in [2.75, 3.05) is 43.1 Å². The molecule has 0 spiro atoms. The summed E-state index contributed by atoms with van der Waals surface area (Å²) in [5, 5.41) is 19.4. The number of fused-ring (bicyclic) bond motifs is 1. The second-order valence-electron chi connectivity index (χ2n) is 9.11. The minimum absolute atomic E-state index is 0.198. The van der Waals surface area contributed by atoms with Crippen LogP contribution in [0.1, 0.15) is 51.5 Å². The van der Waals surface area contributed by atoms with Crippen LogP contribution in [0.5, 0.6) is 0 Å². The number of anilines is 2. The van der Waals surface area contributed by atoms with Crippen molar-refractivity contribution in [2.45, 2.75) is 57.6 Å². The van der Waals surface area contributed by atoms with Gasteiger partial charge < -0.3 is 20.1 Å². The van der Waals surface area contributed by atoms with Crippen LogP contribution < -0.4 is 10.2 Å². The van der Waals surface area contributed by atoms with E-state index in [1.807, 2.05) is 6.20 Å². The number of hydrogen-bond acceptors (Lipinski definition) is 7. The molecule has 0 bridgehead atoms. The van der Waals surface area contributed by atoms with Crippen molar-refractivity contribution in [3.05, 3.63) is 30.5 Å². The number of ether oxygens (including phenoxy) is 1. The number of hydrogen-bond donors (Lipinski definition) is 2. The molecule has 0 amide bonds. The van der Waals surface area contributed by atoms with E-state index in [1.165, 1.54) is 5.69 Å². The van der Waals surface area contributed by atoms with Gasteiger partial charge in [0.25, 0.3) is 0 Å². The fourth-order valence-corrected chi connectivity index (χ4v) is 4.81. The number of aromatic nitrogens is 4. The third-order valence-corrected chi connectivity index (χ3v) is 6.79. The first-order chi connectivity index (χ1) is 16.2. The molecule has 1 aliphatic carbocycles. The van der Waals surface area contributed by atoms with E-state index in [4.69, 9.17) is 14.8 Å². The highest BCUT2D eigenvalue weighted by Gasteiger charge is 2.25. The number of rotatable bonds is 7. The Morgan fingerprint density at radius 1 is 1.09 bits per heavy atom. The van der Waals surface area contributed by atoms with E-state index in [0.717, 1.165) is 93.7 Å². The molecule has 176 valence electrons. The van der Waals surface area contributed by atoms with Crippen molar-refractivity contribution in [3.63, 3.8) is 0 Å². The highest BCUT2D eigenvalue weighted by molar-refractivity contribution is 5.91. The van der Waals surface area contributed by atoms with Gasteiger partial charge in [-0.3, -0.25) is 0 Å². The third kappa shape index (κ3) is 4.82. The van der Waals surface area contributed by atoms with Gasteiger partial charge in [-0.2, -0.15) is 10.1 Å². The summed E-state index contributed by atoms with van der Waals surface area (Å²) in [5.41, 5.74) is 4.08. The number of unbranched alkanes of at least 4 members (excludes halogenated alkanes) is 1. The van der Waals surface area contributed by atoms with Gasteiger partial charge in [-0.1, -0.05) is 25.5 Å². The topological polar surface area (TPSA) is 88.3 Å². The Balaban J connectivity index is 1.48. The molecule has 2 aromatic heterocycles. The molecular formula is C25H34N6O2. The van der Waals surface area contributed by atoms with Crippen LogP contribution in [0.25, 0.3) is 22.3 Å². The summed E-state index contributed by atoms with van der Waals surface area (Å²) in [6.45, 7) is 6.44. The molecule has 33 heavy (non-hydrogen) atoms. The van der Waals surface area contributed by atoms with Gasteiger partial charge in [-0.25, -0.2) is 9.67 Å². The Kier molecular flexibility index (Phi) is 6.73. The lowest BCUT2D eigenvalue weighted by Crippen LogP contribution is -2.36. The summed E-state index contributed by atoms with van der Waals surface area (Å²) in [5.74, 6) is 0.655. The molecule has 1 aromatic carbocycles. The number of nitrogens with zero attached hydrogens (tertiary/aromatic N) is 5. The molecular weight excluding hydrogens is 416 g/mol. The Labute approximate surface area is 195 Å². The van der Waals surface area contributed by atoms with Crippen LogP contribution in [0, 0.1) is 0 Å². The zero-order chi connectivity index (χ0) is 22.6. The van der Waals surface area contributed by atoms with Gasteiger partial charge in [-0.05, 0) is 44.2 Å². The first kappa shape index (κ1) is 22.1. The van der Waals surface area contributed by atoms with E-state index in [0.29, 0.717) is 5.95 Å². The summed E-state index contributed by atoms with van der Waals surface area (Å²) < 4.78 is 7.56. The first-order valence-electron chi connectivity index (χ1n) is 12.3. The number of nitrogens with one attached hydrogen (secondary N) is 1. The van der Waals surface area contributed by atoms with Crippen LogP contribution in [0.4, 0.5) is 11.6 Å². The minimum atomic E-state index is -0.198. The Hall–Kier alpha value is -2.71. The fourth-order valence-electron chi connectivity index (χ4n) is 4.81. The van der Waals surface area contributed by atoms with Crippen LogP contribution in [0.3, 0.4) is 0 Å². The van der Waals surface area contributed by atoms with Crippen molar-refractivity contribution < 1.29 is 9.84 Å². The smallest absolute Gasteiger partial charge is 0.224 e. The Bertz CT molecular complexity index is 1050. The molecule has 0 atom stereocenters. The Morgan fingerprint density at radius 3 is 2.58 bits per heavy atom. The second-order valence-corrected chi connectivity index (χ2v) is 9.11. The van der Waals surface area contributed by atoms with Crippen molar-refractivity contribution in [2.24, 2.45) is 0 Å². The lowest BCUT2D eigenvalue weighted by atomic mass is 9.93. The van der Waals surface area contributed by atoms with Crippen molar-refractivity contribution in [1.29, 1.82) is 0 Å². The van der Waals surface area contributed by atoms with Gasteiger partial charge in [0.1, 0.15) is 5.69 Å². The maximum absolute atomic E-state index is 9.99. The van der Waals surface area contributed by atoms with E-state index in [9.17, 15) is 5.11 Å². The quantitative estimate of drug-likeness (QED) is 0.526. The first-order valence-corrected chi connectivity index (χ1v) is 12.3. The van der Waals surface area contributed by atoms with Gasteiger partial charge in [0.2, 0.25) is 5.95 Å². The summed E-state index contributed by atoms with van der Waals surface area (Å²) in [4.78, 5) is 11.8. The van der Waals surface area contributed by atoms with E-state index in [-0.39, 0.29) is 12.1 Å². The number of morpholine rings is 1. The maximum Gasteiger partial charge on any atom is 0.224 e. The standard InChI is InChI=1S/C25H34N6O2/c1-2-3-12-26-25-27-17-22-23(18-4-6-19(7-5-18)30-13-15-33-16-14-30)29-31(24(22)28-25)20-8-10-21(32)11-9-20/h4-7,17,20-21,32H,2-3,8-16H2,1H3,(H,26,27,28). The molecule has 1 saturated heterocycles. The average Bonchev–Trinajstić information content (AvgIpc) is 3.24. The molecule has 8 nitrogen and oxygen atoms in total. The predicted octanol–water partition coefficient (Wildman–Crippen LogP) is 4.02. The molecule has 2 aliphatic rings. The summed E-state index contributed by atoms with van der Waals surface area (Å²) in [6.07, 6.45) is 7.36. The van der Waals surface area contributed by atoms with Crippen LogP contribution in [-0.4, -0.2) is 63.8 Å². The summed E-state index contributed by atoms with van der Waals surface area (Å²) >= 11 is 0. The van der Waals surface area contributed by atoms with Crippen LogP contribution in [-0.2, 0) is 4.74 Å². The molecule has 0 unspecified atom stereocenters. The molecule has 5 rings (SSSR count). The molecule has 2 fully saturated rings. The van der Waals surface area contributed by atoms with Gasteiger partial charge in [0.15, 0.2) is 5.65 Å². The molecule has 1 aliphatic heterocycles. The van der Waals surface area contributed by atoms with Crippen LogP contribution in [0.15, 0.2) is 30.5 Å². The maximum atomic E-state index is 9.99. The molecule has 8 heteroatoms.